The third-order valence-electron chi connectivity index (χ3n) is 3.51. The SMILES string of the molecule is CC(C)c1ccc(C(O)CN(CC(F)(F)F)C(C)C)cc1. The van der Waals surface area contributed by atoms with Crippen molar-refractivity contribution in [3.63, 3.8) is 0 Å². The maximum Gasteiger partial charge on any atom is 0.401 e. The standard InChI is InChI=1S/C16H24F3NO/c1-11(2)13-5-7-14(8-6-13)15(21)9-20(12(3)4)10-16(17,18)19/h5-8,11-12,15,21H,9-10H2,1-4H3. The topological polar surface area (TPSA) is 23.5 Å². The Hall–Kier alpha value is -1.07. The zero-order chi connectivity index (χ0) is 16.2. The van der Waals surface area contributed by atoms with Gasteiger partial charge in [-0.2, -0.15) is 13.2 Å². The Kier molecular flexibility index (Phi) is 6.23. The molecule has 1 N–H and O–H groups in total. The quantitative estimate of drug-likeness (QED) is 0.854. The van der Waals surface area contributed by atoms with Gasteiger partial charge in [0.1, 0.15) is 0 Å². The van der Waals surface area contributed by atoms with Gasteiger partial charge in [0.2, 0.25) is 0 Å². The summed E-state index contributed by atoms with van der Waals surface area (Å²) in [6.45, 7) is 6.48. The zero-order valence-corrected chi connectivity index (χ0v) is 13.0. The fourth-order valence-corrected chi connectivity index (χ4v) is 2.12. The predicted octanol–water partition coefficient (Wildman–Crippen LogP) is 4.12. The molecule has 0 saturated heterocycles. The summed E-state index contributed by atoms with van der Waals surface area (Å²) in [4.78, 5) is 1.24. The molecule has 0 bridgehead atoms. The molecule has 0 heterocycles. The Morgan fingerprint density at radius 3 is 1.86 bits per heavy atom. The highest BCUT2D eigenvalue weighted by Gasteiger charge is 2.32. The van der Waals surface area contributed by atoms with E-state index in [-0.39, 0.29) is 12.6 Å². The average molecular weight is 303 g/mol. The van der Waals surface area contributed by atoms with Gasteiger partial charge in [0.25, 0.3) is 0 Å². The number of benzene rings is 1. The Morgan fingerprint density at radius 1 is 1.00 bits per heavy atom. The summed E-state index contributed by atoms with van der Waals surface area (Å²) in [6.07, 6.45) is -5.18. The van der Waals surface area contributed by atoms with E-state index in [4.69, 9.17) is 0 Å². The number of aliphatic hydroxyl groups excluding tert-OH is 1. The summed E-state index contributed by atoms with van der Waals surface area (Å²) in [5, 5.41) is 10.2. The first-order valence-corrected chi connectivity index (χ1v) is 7.19. The molecule has 1 rings (SSSR count). The summed E-state index contributed by atoms with van der Waals surface area (Å²) in [5.41, 5.74) is 1.79. The van der Waals surface area contributed by atoms with E-state index >= 15 is 0 Å². The second-order valence-electron chi connectivity index (χ2n) is 5.98. The van der Waals surface area contributed by atoms with E-state index in [0.717, 1.165) is 5.56 Å². The Morgan fingerprint density at radius 2 is 1.48 bits per heavy atom. The van der Waals surface area contributed by atoms with Crippen molar-refractivity contribution in [2.24, 2.45) is 0 Å². The van der Waals surface area contributed by atoms with Crippen molar-refractivity contribution in [2.45, 2.75) is 51.9 Å². The molecule has 0 amide bonds. The van der Waals surface area contributed by atoms with Crippen molar-refractivity contribution < 1.29 is 18.3 Å². The number of hydrogen-bond donors (Lipinski definition) is 1. The molecule has 120 valence electrons. The molecule has 5 heteroatoms. The molecular formula is C16H24F3NO. The van der Waals surface area contributed by atoms with Crippen LogP contribution < -0.4 is 0 Å². The molecule has 1 unspecified atom stereocenters. The fraction of sp³-hybridized carbons (Fsp3) is 0.625. The molecule has 1 aromatic carbocycles. The summed E-state index contributed by atoms with van der Waals surface area (Å²) >= 11 is 0. The third kappa shape index (κ3) is 6.06. The molecule has 0 radical (unpaired) electrons. The van der Waals surface area contributed by atoms with Crippen molar-refractivity contribution >= 4 is 0 Å². The maximum absolute atomic E-state index is 12.5. The van der Waals surface area contributed by atoms with Gasteiger partial charge in [-0.25, -0.2) is 0 Å². The first kappa shape index (κ1) is 18.0. The van der Waals surface area contributed by atoms with Crippen LogP contribution in [0.3, 0.4) is 0 Å². The van der Waals surface area contributed by atoms with Crippen molar-refractivity contribution in [2.75, 3.05) is 13.1 Å². The summed E-state index contributed by atoms with van der Waals surface area (Å²) in [5.74, 6) is 0.383. The van der Waals surface area contributed by atoms with Crippen LogP contribution in [0.25, 0.3) is 0 Å². The second-order valence-corrected chi connectivity index (χ2v) is 5.98. The lowest BCUT2D eigenvalue weighted by molar-refractivity contribution is -0.152. The van der Waals surface area contributed by atoms with E-state index in [1.807, 2.05) is 12.1 Å². The zero-order valence-electron chi connectivity index (χ0n) is 13.0. The first-order valence-electron chi connectivity index (χ1n) is 7.19. The summed E-state index contributed by atoms with van der Waals surface area (Å²) < 4.78 is 37.6. The van der Waals surface area contributed by atoms with Crippen molar-refractivity contribution in [3.05, 3.63) is 35.4 Å². The van der Waals surface area contributed by atoms with Crippen molar-refractivity contribution in [3.8, 4) is 0 Å². The van der Waals surface area contributed by atoms with Crippen LogP contribution >= 0.6 is 0 Å². The van der Waals surface area contributed by atoms with Crippen LogP contribution in [0, 0.1) is 0 Å². The lowest BCUT2D eigenvalue weighted by Crippen LogP contribution is -2.41. The largest absolute Gasteiger partial charge is 0.401 e. The minimum atomic E-state index is -4.26. The molecular weight excluding hydrogens is 279 g/mol. The van der Waals surface area contributed by atoms with Crippen LogP contribution in [0.2, 0.25) is 0 Å². The molecule has 0 aliphatic rings. The van der Waals surface area contributed by atoms with Crippen LogP contribution in [0.1, 0.15) is 50.8 Å². The van der Waals surface area contributed by atoms with E-state index in [9.17, 15) is 18.3 Å². The molecule has 1 aromatic rings. The highest BCUT2D eigenvalue weighted by molar-refractivity contribution is 5.26. The second kappa shape index (κ2) is 7.27. The molecule has 0 aliphatic carbocycles. The highest BCUT2D eigenvalue weighted by atomic mass is 19.4. The maximum atomic E-state index is 12.5. The first-order chi connectivity index (χ1) is 9.60. The minimum absolute atomic E-state index is 0.0296. The van der Waals surface area contributed by atoms with E-state index in [1.54, 1.807) is 26.0 Å². The summed E-state index contributed by atoms with van der Waals surface area (Å²) in [7, 11) is 0. The number of halogens is 3. The Balaban J connectivity index is 2.75. The number of hydrogen-bond acceptors (Lipinski definition) is 2. The lowest BCUT2D eigenvalue weighted by Gasteiger charge is -2.29. The Bertz CT molecular complexity index is 426. The number of alkyl halides is 3. The van der Waals surface area contributed by atoms with E-state index in [2.05, 4.69) is 13.8 Å². The van der Waals surface area contributed by atoms with E-state index < -0.39 is 18.8 Å². The molecule has 0 aromatic heterocycles. The van der Waals surface area contributed by atoms with Crippen LogP contribution in [-0.2, 0) is 0 Å². The third-order valence-corrected chi connectivity index (χ3v) is 3.51. The van der Waals surface area contributed by atoms with Gasteiger partial charge in [-0.05, 0) is 30.9 Å². The number of rotatable bonds is 6. The van der Waals surface area contributed by atoms with Crippen molar-refractivity contribution in [1.29, 1.82) is 0 Å². The lowest BCUT2D eigenvalue weighted by atomic mass is 10.00. The van der Waals surface area contributed by atoms with Gasteiger partial charge in [0, 0.05) is 12.6 Å². The molecule has 0 fully saturated rings. The minimum Gasteiger partial charge on any atom is -0.387 e. The molecule has 2 nitrogen and oxygen atoms in total. The molecule has 0 aliphatic heterocycles. The fourth-order valence-electron chi connectivity index (χ4n) is 2.12. The highest BCUT2D eigenvalue weighted by Crippen LogP contribution is 2.23. The van der Waals surface area contributed by atoms with Gasteiger partial charge in [0.15, 0.2) is 0 Å². The Labute approximate surface area is 124 Å². The number of nitrogens with zero attached hydrogens (tertiary/aromatic N) is 1. The van der Waals surface area contributed by atoms with Gasteiger partial charge < -0.3 is 5.11 Å². The van der Waals surface area contributed by atoms with E-state index in [1.165, 1.54) is 4.90 Å². The van der Waals surface area contributed by atoms with Gasteiger partial charge >= 0.3 is 6.18 Å². The molecule has 0 saturated carbocycles. The summed E-state index contributed by atoms with van der Waals surface area (Å²) in [6, 6.07) is 7.11. The molecule has 0 spiro atoms. The van der Waals surface area contributed by atoms with Crippen LogP contribution in [0.5, 0.6) is 0 Å². The van der Waals surface area contributed by atoms with Gasteiger partial charge in [-0.3, -0.25) is 4.90 Å². The molecule has 21 heavy (non-hydrogen) atoms. The van der Waals surface area contributed by atoms with Crippen molar-refractivity contribution in [1.82, 2.24) is 4.90 Å². The average Bonchev–Trinajstić information content (AvgIpc) is 2.36. The van der Waals surface area contributed by atoms with Gasteiger partial charge in [0.05, 0.1) is 12.6 Å². The van der Waals surface area contributed by atoms with Crippen LogP contribution in [-0.4, -0.2) is 35.3 Å². The molecule has 1 atom stereocenters. The predicted molar refractivity (Wildman–Crippen MR) is 78.3 cm³/mol. The monoisotopic (exact) mass is 303 g/mol. The van der Waals surface area contributed by atoms with Crippen LogP contribution in [0.15, 0.2) is 24.3 Å². The van der Waals surface area contributed by atoms with Gasteiger partial charge in [-0.15, -0.1) is 0 Å². The van der Waals surface area contributed by atoms with Crippen LogP contribution in [0.4, 0.5) is 13.2 Å². The van der Waals surface area contributed by atoms with Gasteiger partial charge in [-0.1, -0.05) is 38.1 Å². The normalized spacial score (nSPS) is 14.2. The smallest absolute Gasteiger partial charge is 0.387 e. The number of aliphatic hydroxyl groups is 1. The van der Waals surface area contributed by atoms with E-state index in [0.29, 0.717) is 11.5 Å².